The molecule has 1 aliphatic heterocycles. The third-order valence-corrected chi connectivity index (χ3v) is 5.49. The molecule has 2 aromatic carbocycles. The molecule has 0 radical (unpaired) electrons. The minimum Gasteiger partial charge on any atom is -0.309 e. The molecular formula is C18H17BrClNS. The smallest absolute Gasteiger partial charge is 0.0412 e. The summed E-state index contributed by atoms with van der Waals surface area (Å²) in [6, 6.07) is 12.6. The van der Waals surface area contributed by atoms with Crippen molar-refractivity contribution in [2.45, 2.75) is 16.2 Å². The lowest BCUT2D eigenvalue weighted by molar-refractivity contribution is 0.417. The maximum Gasteiger partial charge on any atom is 0.0412 e. The molecule has 0 aromatic heterocycles. The van der Waals surface area contributed by atoms with Crippen LogP contribution >= 0.6 is 39.3 Å². The summed E-state index contributed by atoms with van der Waals surface area (Å²) in [6.07, 6.45) is 3.35. The number of hydrogen-bond acceptors (Lipinski definition) is 2. The molecule has 1 nitrogen and oxygen atoms in total. The first-order valence-corrected chi connectivity index (χ1v) is 9.16. The van der Waals surface area contributed by atoms with Crippen molar-refractivity contribution in [3.8, 4) is 0 Å². The van der Waals surface area contributed by atoms with Crippen LogP contribution in [-0.2, 0) is 0 Å². The van der Waals surface area contributed by atoms with E-state index >= 15 is 0 Å². The minimum absolute atomic E-state index is 0.788. The summed E-state index contributed by atoms with van der Waals surface area (Å²) in [4.78, 5) is 4.78. The van der Waals surface area contributed by atoms with Crippen LogP contribution < -0.4 is 0 Å². The van der Waals surface area contributed by atoms with Crippen molar-refractivity contribution in [2.75, 3.05) is 20.6 Å². The molecule has 0 unspecified atom stereocenters. The molecular weight excluding hydrogens is 378 g/mol. The molecule has 22 heavy (non-hydrogen) atoms. The molecule has 4 heteroatoms. The average molecular weight is 395 g/mol. The fourth-order valence-electron chi connectivity index (χ4n) is 2.55. The van der Waals surface area contributed by atoms with Crippen LogP contribution in [0.4, 0.5) is 0 Å². The van der Waals surface area contributed by atoms with E-state index in [0.717, 1.165) is 22.5 Å². The van der Waals surface area contributed by atoms with E-state index in [0.29, 0.717) is 0 Å². The molecule has 0 amide bonds. The predicted octanol–water partition coefficient (Wildman–Crippen LogP) is 5.95. The van der Waals surface area contributed by atoms with E-state index in [9.17, 15) is 0 Å². The van der Waals surface area contributed by atoms with Crippen LogP contribution in [0.25, 0.3) is 5.57 Å². The van der Waals surface area contributed by atoms with Crippen molar-refractivity contribution in [1.29, 1.82) is 0 Å². The summed E-state index contributed by atoms with van der Waals surface area (Å²) >= 11 is 11.6. The van der Waals surface area contributed by atoms with E-state index in [-0.39, 0.29) is 0 Å². The summed E-state index contributed by atoms with van der Waals surface area (Å²) < 4.78 is 1.11. The van der Waals surface area contributed by atoms with Gasteiger partial charge in [-0.25, -0.2) is 0 Å². The summed E-state index contributed by atoms with van der Waals surface area (Å²) in [5.74, 6) is 0. The monoisotopic (exact) mass is 393 g/mol. The zero-order valence-corrected chi connectivity index (χ0v) is 15.7. The summed E-state index contributed by atoms with van der Waals surface area (Å²) in [5, 5.41) is 0.788. The highest BCUT2D eigenvalue weighted by atomic mass is 79.9. The van der Waals surface area contributed by atoms with E-state index in [1.807, 2.05) is 17.8 Å². The highest BCUT2D eigenvalue weighted by molar-refractivity contribution is 9.10. The van der Waals surface area contributed by atoms with Gasteiger partial charge in [-0.3, -0.25) is 0 Å². The Morgan fingerprint density at radius 2 is 1.77 bits per heavy atom. The lowest BCUT2D eigenvalue weighted by atomic mass is 9.96. The van der Waals surface area contributed by atoms with Gasteiger partial charge in [-0.15, -0.1) is 0 Å². The Morgan fingerprint density at radius 3 is 2.50 bits per heavy atom. The quantitative estimate of drug-likeness (QED) is 0.540. The largest absolute Gasteiger partial charge is 0.309 e. The first-order chi connectivity index (χ1) is 10.5. The van der Waals surface area contributed by atoms with Crippen LogP contribution in [0.1, 0.15) is 17.5 Å². The lowest BCUT2D eigenvalue weighted by Crippen LogP contribution is -2.12. The molecule has 1 heterocycles. The Hall–Kier alpha value is -0.740. The predicted molar refractivity (Wildman–Crippen MR) is 100.0 cm³/mol. The first-order valence-electron chi connectivity index (χ1n) is 7.17. The summed E-state index contributed by atoms with van der Waals surface area (Å²) in [6.45, 7) is 1.04. The van der Waals surface area contributed by atoms with Crippen LogP contribution in [0.2, 0.25) is 5.02 Å². The number of benzene rings is 2. The minimum atomic E-state index is 0.788. The Bertz CT molecular complexity index is 686. The average Bonchev–Trinajstić information content (AvgIpc) is 2.47. The molecule has 0 spiro atoms. The highest BCUT2D eigenvalue weighted by Gasteiger charge is 2.21. The Balaban J connectivity index is 2.09. The van der Waals surface area contributed by atoms with Gasteiger partial charge < -0.3 is 4.90 Å². The Labute approximate surface area is 149 Å². The van der Waals surface area contributed by atoms with Gasteiger partial charge in [-0.05, 0) is 73.6 Å². The first kappa shape index (κ1) is 16.1. The molecule has 0 saturated heterocycles. The van der Waals surface area contributed by atoms with Crippen molar-refractivity contribution in [3.05, 3.63) is 63.1 Å². The van der Waals surface area contributed by atoms with E-state index in [1.165, 1.54) is 26.5 Å². The molecule has 0 saturated carbocycles. The number of halogens is 2. The van der Waals surface area contributed by atoms with Crippen LogP contribution in [0.15, 0.2) is 56.7 Å². The maximum absolute atomic E-state index is 6.23. The van der Waals surface area contributed by atoms with Gasteiger partial charge in [-0.1, -0.05) is 45.4 Å². The van der Waals surface area contributed by atoms with E-state index in [2.05, 4.69) is 71.3 Å². The van der Waals surface area contributed by atoms with Crippen LogP contribution in [0, 0.1) is 0 Å². The fraction of sp³-hybridized carbons (Fsp3) is 0.222. The molecule has 0 bridgehead atoms. The number of nitrogens with zero attached hydrogens (tertiary/aromatic N) is 1. The molecule has 0 atom stereocenters. The van der Waals surface area contributed by atoms with Crippen molar-refractivity contribution >= 4 is 44.9 Å². The van der Waals surface area contributed by atoms with Crippen molar-refractivity contribution in [3.63, 3.8) is 0 Å². The van der Waals surface area contributed by atoms with E-state index < -0.39 is 0 Å². The number of hydrogen-bond donors (Lipinski definition) is 0. The van der Waals surface area contributed by atoms with Crippen LogP contribution in [-0.4, -0.2) is 25.5 Å². The zero-order valence-electron chi connectivity index (χ0n) is 12.6. The zero-order chi connectivity index (χ0) is 15.7. The Kier molecular flexibility index (Phi) is 4.98. The lowest BCUT2D eigenvalue weighted by Gasteiger charge is -2.23. The van der Waals surface area contributed by atoms with Gasteiger partial charge >= 0.3 is 0 Å². The summed E-state index contributed by atoms with van der Waals surface area (Å²) in [7, 11) is 4.20. The molecule has 114 valence electrons. The third kappa shape index (κ3) is 3.43. The van der Waals surface area contributed by atoms with Crippen molar-refractivity contribution in [2.24, 2.45) is 0 Å². The maximum atomic E-state index is 6.23. The standard InChI is InChI=1S/C18H17BrClNS/c1-21(2)9-3-4-14-15-10-12(19)5-7-17(15)22-18-8-6-13(20)11-16(14)18/h4-8,10-11H,3,9H2,1-2H3/b14-4+. The topological polar surface area (TPSA) is 3.24 Å². The second-order valence-electron chi connectivity index (χ2n) is 5.59. The molecule has 0 aliphatic carbocycles. The van der Waals surface area contributed by atoms with Crippen molar-refractivity contribution in [1.82, 2.24) is 4.90 Å². The summed E-state index contributed by atoms with van der Waals surface area (Å²) in [5.41, 5.74) is 3.81. The van der Waals surface area contributed by atoms with Gasteiger partial charge in [0.1, 0.15) is 0 Å². The molecule has 0 fully saturated rings. The van der Waals surface area contributed by atoms with Gasteiger partial charge in [0.05, 0.1) is 0 Å². The number of rotatable bonds is 3. The molecule has 2 aromatic rings. The SMILES string of the molecule is CN(C)CC/C=C1/c2cc(Cl)ccc2Sc2ccc(Br)cc21. The molecule has 3 rings (SSSR count). The fourth-order valence-corrected chi connectivity index (χ4v) is 4.15. The third-order valence-electron chi connectivity index (χ3n) is 3.61. The Morgan fingerprint density at radius 1 is 1.09 bits per heavy atom. The van der Waals surface area contributed by atoms with Crippen LogP contribution in [0.3, 0.4) is 0 Å². The van der Waals surface area contributed by atoms with Gasteiger partial charge in [-0.2, -0.15) is 0 Å². The normalized spacial score (nSPS) is 15.0. The van der Waals surface area contributed by atoms with E-state index in [4.69, 9.17) is 11.6 Å². The highest BCUT2D eigenvalue weighted by Crippen LogP contribution is 2.46. The van der Waals surface area contributed by atoms with Crippen molar-refractivity contribution < 1.29 is 0 Å². The van der Waals surface area contributed by atoms with Gasteiger partial charge in [0.25, 0.3) is 0 Å². The molecule has 0 N–H and O–H groups in total. The van der Waals surface area contributed by atoms with Crippen LogP contribution in [0.5, 0.6) is 0 Å². The second kappa shape index (κ2) is 6.79. The second-order valence-corrected chi connectivity index (χ2v) is 8.03. The van der Waals surface area contributed by atoms with E-state index in [1.54, 1.807) is 0 Å². The molecule has 1 aliphatic rings. The van der Waals surface area contributed by atoms with Gasteiger partial charge in [0.15, 0.2) is 0 Å². The number of fused-ring (bicyclic) bond motifs is 2. The van der Waals surface area contributed by atoms with Gasteiger partial charge in [0.2, 0.25) is 0 Å². The van der Waals surface area contributed by atoms with Gasteiger partial charge in [0, 0.05) is 25.8 Å².